The second-order valence-electron chi connectivity index (χ2n) is 8.23. The number of nitrogens with zero attached hydrogens (tertiary/aromatic N) is 5. The minimum absolute atomic E-state index is 0.132. The van der Waals surface area contributed by atoms with Gasteiger partial charge < -0.3 is 36.2 Å². The molecule has 13 heteroatoms. The van der Waals surface area contributed by atoms with Crippen molar-refractivity contribution in [2.45, 2.75) is 24.4 Å². The maximum Gasteiger partial charge on any atom is 0.319 e. The second kappa shape index (κ2) is 10.1. The van der Waals surface area contributed by atoms with E-state index in [0.29, 0.717) is 47.9 Å². The summed E-state index contributed by atoms with van der Waals surface area (Å²) in [6, 6.07) is 6.58. The van der Waals surface area contributed by atoms with Crippen molar-refractivity contribution in [3.63, 3.8) is 0 Å². The third-order valence-corrected chi connectivity index (χ3v) is 5.93. The van der Waals surface area contributed by atoms with Gasteiger partial charge in [-0.15, -0.1) is 0 Å². The maximum atomic E-state index is 12.0. The van der Waals surface area contributed by atoms with Gasteiger partial charge in [-0.05, 0) is 38.2 Å². The van der Waals surface area contributed by atoms with Crippen molar-refractivity contribution in [2.75, 3.05) is 44.3 Å². The Hall–Kier alpha value is -3.03. The molecule has 12 nitrogen and oxygen atoms in total. The average Bonchev–Trinajstić information content (AvgIpc) is 3.36. The Morgan fingerprint density at radius 3 is 3.03 bits per heavy atom. The summed E-state index contributed by atoms with van der Waals surface area (Å²) in [5, 5.41) is 28.1. The molecule has 2 aromatic heterocycles. The van der Waals surface area contributed by atoms with Crippen LogP contribution in [-0.2, 0) is 10.5 Å². The van der Waals surface area contributed by atoms with E-state index in [1.165, 1.54) is 17.2 Å². The number of nitrogens with one attached hydrogen (secondary N) is 2. The van der Waals surface area contributed by atoms with Crippen molar-refractivity contribution in [3.8, 4) is 0 Å². The second-order valence-corrected chi connectivity index (χ2v) is 8.66. The first-order chi connectivity index (χ1) is 16.3. The number of aliphatic hydroxyl groups excluding tert-OH is 1. The van der Waals surface area contributed by atoms with Crippen LogP contribution in [-0.4, -0.2) is 86.2 Å². The van der Waals surface area contributed by atoms with Gasteiger partial charge in [0.1, 0.15) is 24.1 Å². The highest BCUT2D eigenvalue weighted by Crippen LogP contribution is 2.32. The fraction of sp³-hybridized carbons (Fsp3) is 0.429. The molecule has 34 heavy (non-hydrogen) atoms. The topological polar surface area (TPSA) is 164 Å². The number of aliphatic hydroxyl groups is 2. The van der Waals surface area contributed by atoms with E-state index in [1.807, 2.05) is 11.9 Å². The lowest BCUT2D eigenvalue weighted by atomic mass is 10.0. The zero-order valence-electron chi connectivity index (χ0n) is 18.6. The van der Waals surface area contributed by atoms with Crippen LogP contribution in [0.2, 0.25) is 5.02 Å². The van der Waals surface area contributed by atoms with Gasteiger partial charge in [-0.1, -0.05) is 17.7 Å². The molecule has 0 radical (unpaired) electrons. The molecule has 1 aliphatic rings. The lowest BCUT2D eigenvalue weighted by Gasteiger charge is -2.29. The summed E-state index contributed by atoms with van der Waals surface area (Å²) in [6.45, 7) is 1.34. The number of benzene rings is 1. The molecular formula is C21H27ClN8O4. The molecule has 3 aromatic rings. The molecular weight excluding hydrogens is 464 g/mol. The van der Waals surface area contributed by atoms with Gasteiger partial charge in [0.25, 0.3) is 0 Å². The summed E-state index contributed by atoms with van der Waals surface area (Å²) >= 11 is 5.91. The monoisotopic (exact) mass is 490 g/mol. The molecule has 3 atom stereocenters. The number of imidazole rings is 1. The summed E-state index contributed by atoms with van der Waals surface area (Å²) in [5.41, 5.74) is 5.35. The van der Waals surface area contributed by atoms with Crippen LogP contribution in [0.15, 0.2) is 36.9 Å². The molecule has 6 N–H and O–H groups in total. The summed E-state index contributed by atoms with van der Waals surface area (Å²) in [5.74, 6) is 0.187. The van der Waals surface area contributed by atoms with Gasteiger partial charge in [-0.25, -0.2) is 19.7 Å². The van der Waals surface area contributed by atoms with Gasteiger partial charge in [0, 0.05) is 23.8 Å². The van der Waals surface area contributed by atoms with Crippen molar-refractivity contribution in [3.05, 3.63) is 41.9 Å². The van der Waals surface area contributed by atoms with Gasteiger partial charge in [0.05, 0.1) is 12.9 Å². The molecule has 0 saturated carbocycles. The van der Waals surface area contributed by atoms with Crippen molar-refractivity contribution >= 4 is 40.3 Å². The standard InChI is InChI=1S/C21H27ClN8O4/c1-29(7-3-6-24-20(32)28-14-5-2-4-13(22)8-14)9-15-17(31)21(33,10-34-15)30-12-27-16-18(23)25-11-26-19(16)30/h2,4-5,8,11-12,15,17,31,33H,3,6-7,9-10H2,1H3,(H2,23,25,26)(H2,24,28,32). The van der Waals surface area contributed by atoms with Gasteiger partial charge in [0.2, 0.25) is 0 Å². The largest absolute Gasteiger partial charge is 0.385 e. The predicted molar refractivity (Wildman–Crippen MR) is 126 cm³/mol. The van der Waals surface area contributed by atoms with Crippen molar-refractivity contribution < 1.29 is 19.7 Å². The number of carbonyl (C=O) groups is 1. The number of anilines is 2. The maximum absolute atomic E-state index is 12.0. The molecule has 3 heterocycles. The average molecular weight is 491 g/mol. The first kappa shape index (κ1) is 24.1. The van der Waals surface area contributed by atoms with Crippen molar-refractivity contribution in [2.24, 2.45) is 0 Å². The lowest BCUT2D eigenvalue weighted by Crippen LogP contribution is -2.48. The Bertz CT molecular complexity index is 1160. The first-order valence-corrected chi connectivity index (χ1v) is 11.1. The van der Waals surface area contributed by atoms with Crippen LogP contribution >= 0.6 is 11.6 Å². The van der Waals surface area contributed by atoms with E-state index in [2.05, 4.69) is 25.6 Å². The van der Waals surface area contributed by atoms with Crippen LogP contribution in [0.1, 0.15) is 6.42 Å². The minimum atomic E-state index is -1.74. The highest BCUT2D eigenvalue weighted by atomic mass is 35.5. The molecule has 0 aliphatic carbocycles. The summed E-state index contributed by atoms with van der Waals surface area (Å²) in [7, 11) is 1.88. The van der Waals surface area contributed by atoms with Crippen LogP contribution in [0.25, 0.3) is 11.2 Å². The molecule has 1 saturated heterocycles. The number of nitrogens with two attached hydrogens (primary N) is 1. The number of halogens is 1. The van der Waals surface area contributed by atoms with E-state index in [0.717, 1.165) is 0 Å². The van der Waals surface area contributed by atoms with Crippen molar-refractivity contribution in [1.29, 1.82) is 0 Å². The highest BCUT2D eigenvalue weighted by Gasteiger charge is 2.50. The van der Waals surface area contributed by atoms with Crippen LogP contribution in [0.5, 0.6) is 0 Å². The van der Waals surface area contributed by atoms with E-state index in [9.17, 15) is 15.0 Å². The Labute approximate surface area is 200 Å². The van der Waals surface area contributed by atoms with Crippen LogP contribution in [0.4, 0.5) is 16.3 Å². The summed E-state index contributed by atoms with van der Waals surface area (Å²) in [4.78, 5) is 26.1. The van der Waals surface area contributed by atoms with Crippen molar-refractivity contribution in [1.82, 2.24) is 29.7 Å². The van der Waals surface area contributed by atoms with Crippen LogP contribution < -0.4 is 16.4 Å². The number of fused-ring (bicyclic) bond motifs is 1. The SMILES string of the molecule is CN(CCCNC(=O)Nc1cccc(Cl)c1)CC1OCC(O)(n2cnc3c(N)ncnc32)C1O. The number of carbonyl (C=O) groups excluding carboxylic acids is 1. The third-order valence-electron chi connectivity index (χ3n) is 5.69. The van der Waals surface area contributed by atoms with Crippen LogP contribution in [0, 0.1) is 0 Å². The van der Waals surface area contributed by atoms with Gasteiger partial charge in [-0.3, -0.25) is 4.57 Å². The minimum Gasteiger partial charge on any atom is -0.385 e. The number of ether oxygens (including phenoxy) is 1. The van der Waals surface area contributed by atoms with Gasteiger partial charge >= 0.3 is 6.03 Å². The van der Waals surface area contributed by atoms with E-state index in [-0.39, 0.29) is 18.5 Å². The number of amides is 2. The zero-order valence-corrected chi connectivity index (χ0v) is 19.3. The quantitative estimate of drug-likeness (QED) is 0.284. The van der Waals surface area contributed by atoms with Gasteiger partial charge in [0.15, 0.2) is 17.2 Å². The fourth-order valence-electron chi connectivity index (χ4n) is 3.90. The molecule has 0 spiro atoms. The van der Waals surface area contributed by atoms with E-state index >= 15 is 0 Å². The number of rotatable bonds is 8. The molecule has 1 aliphatic heterocycles. The number of likely N-dealkylation sites (N-methyl/N-ethyl adjacent to an activating group) is 1. The predicted octanol–water partition coefficient (Wildman–Crippen LogP) is 0.610. The number of hydrogen-bond donors (Lipinski definition) is 5. The molecule has 3 unspecified atom stereocenters. The van der Waals surface area contributed by atoms with E-state index < -0.39 is 17.9 Å². The molecule has 2 amide bonds. The Morgan fingerprint density at radius 1 is 1.41 bits per heavy atom. The Balaban J connectivity index is 1.25. The van der Waals surface area contributed by atoms with Crippen LogP contribution in [0.3, 0.4) is 0 Å². The molecule has 182 valence electrons. The Kier molecular flexibility index (Phi) is 7.14. The van der Waals surface area contributed by atoms with E-state index in [1.54, 1.807) is 24.3 Å². The molecule has 1 aromatic carbocycles. The number of aromatic nitrogens is 4. The lowest BCUT2D eigenvalue weighted by molar-refractivity contribution is -0.108. The Morgan fingerprint density at radius 2 is 2.24 bits per heavy atom. The van der Waals surface area contributed by atoms with E-state index in [4.69, 9.17) is 22.1 Å². The fourth-order valence-corrected chi connectivity index (χ4v) is 4.09. The smallest absolute Gasteiger partial charge is 0.319 e. The normalized spacial score (nSPS) is 22.4. The number of urea groups is 1. The summed E-state index contributed by atoms with van der Waals surface area (Å²) < 4.78 is 7.09. The first-order valence-electron chi connectivity index (χ1n) is 10.7. The molecule has 1 fully saturated rings. The highest BCUT2D eigenvalue weighted by molar-refractivity contribution is 6.30. The van der Waals surface area contributed by atoms with Gasteiger partial charge in [-0.2, -0.15) is 0 Å². The molecule has 0 bridgehead atoms. The number of nitrogen functional groups attached to an aromatic ring is 1. The zero-order chi connectivity index (χ0) is 24.3. The third kappa shape index (κ3) is 5.05. The summed E-state index contributed by atoms with van der Waals surface area (Å²) in [6.07, 6.45) is 1.47. The number of hydrogen-bond acceptors (Lipinski definition) is 9. The molecule has 4 rings (SSSR count).